The predicted octanol–water partition coefficient (Wildman–Crippen LogP) is 5.51. The molecule has 1 heterocycles. The maximum atomic E-state index is 6.00. The minimum atomic E-state index is 0.985. The van der Waals surface area contributed by atoms with Crippen LogP contribution in [0, 0.1) is 20.8 Å². The van der Waals surface area contributed by atoms with E-state index in [1.165, 1.54) is 27.0 Å². The summed E-state index contributed by atoms with van der Waals surface area (Å²) in [6.07, 6.45) is 0. The Balaban J connectivity index is 2.08. The van der Waals surface area contributed by atoms with Crippen molar-refractivity contribution in [3.8, 4) is 0 Å². The third kappa shape index (κ3) is 2.28. The third-order valence-electron chi connectivity index (χ3n) is 3.46. The van der Waals surface area contributed by atoms with Gasteiger partial charge in [0.05, 0.1) is 0 Å². The van der Waals surface area contributed by atoms with Crippen LogP contribution in [-0.2, 0) is 0 Å². The molecule has 19 heavy (non-hydrogen) atoms. The van der Waals surface area contributed by atoms with Gasteiger partial charge in [-0.3, -0.25) is 0 Å². The molecule has 0 aliphatic rings. The lowest BCUT2D eigenvalue weighted by Gasteiger charge is -1.98. The molecule has 1 aromatic heterocycles. The summed E-state index contributed by atoms with van der Waals surface area (Å²) in [7, 11) is 0. The first kappa shape index (κ1) is 12.4. The van der Waals surface area contributed by atoms with Crippen molar-refractivity contribution in [2.45, 2.75) is 30.8 Å². The Hall–Kier alpha value is -1.67. The van der Waals surface area contributed by atoms with Gasteiger partial charge in [0, 0.05) is 15.8 Å². The maximum absolute atomic E-state index is 6.00. The molecular weight excluding hydrogens is 252 g/mol. The largest absolute Gasteiger partial charge is 0.449 e. The summed E-state index contributed by atoms with van der Waals surface area (Å²) in [6.45, 7) is 6.40. The van der Waals surface area contributed by atoms with E-state index in [1.54, 1.807) is 11.8 Å². The molecule has 0 spiro atoms. The van der Waals surface area contributed by atoms with Gasteiger partial charge in [0.15, 0.2) is 5.09 Å². The quantitative estimate of drug-likeness (QED) is 0.608. The smallest absolute Gasteiger partial charge is 0.169 e. The average molecular weight is 268 g/mol. The van der Waals surface area contributed by atoms with Crippen LogP contribution >= 0.6 is 11.8 Å². The summed E-state index contributed by atoms with van der Waals surface area (Å²) in [5, 5.41) is 2.22. The predicted molar refractivity (Wildman–Crippen MR) is 81.0 cm³/mol. The van der Waals surface area contributed by atoms with Crippen molar-refractivity contribution in [3.05, 3.63) is 59.2 Å². The Bertz CT molecular complexity index is 726. The van der Waals surface area contributed by atoms with Gasteiger partial charge in [-0.25, -0.2) is 0 Å². The molecule has 0 N–H and O–H groups in total. The molecule has 0 amide bonds. The molecule has 1 nitrogen and oxygen atoms in total. The van der Waals surface area contributed by atoms with E-state index in [1.807, 2.05) is 6.07 Å². The second-order valence-corrected chi connectivity index (χ2v) is 5.91. The summed E-state index contributed by atoms with van der Waals surface area (Å²) < 4.78 is 6.00. The highest BCUT2D eigenvalue weighted by Crippen LogP contribution is 2.37. The number of aryl methyl sites for hydroxylation is 3. The van der Waals surface area contributed by atoms with E-state index >= 15 is 0 Å². The molecule has 0 unspecified atom stereocenters. The molecule has 0 radical (unpaired) electrons. The summed E-state index contributed by atoms with van der Waals surface area (Å²) >= 11 is 1.69. The van der Waals surface area contributed by atoms with Crippen LogP contribution in [0.15, 0.2) is 56.9 Å². The van der Waals surface area contributed by atoms with Gasteiger partial charge >= 0.3 is 0 Å². The molecule has 0 fully saturated rings. The second kappa shape index (κ2) is 4.78. The van der Waals surface area contributed by atoms with Gasteiger partial charge in [0.1, 0.15) is 5.58 Å². The number of hydrogen-bond donors (Lipinski definition) is 0. The minimum Gasteiger partial charge on any atom is -0.449 e. The van der Waals surface area contributed by atoms with Crippen LogP contribution in [0.4, 0.5) is 0 Å². The maximum Gasteiger partial charge on any atom is 0.169 e. The fourth-order valence-electron chi connectivity index (χ4n) is 2.15. The fraction of sp³-hybridized carbons (Fsp3) is 0.176. The van der Waals surface area contributed by atoms with Gasteiger partial charge in [-0.1, -0.05) is 30.0 Å². The topological polar surface area (TPSA) is 13.1 Å². The molecule has 0 saturated carbocycles. The lowest BCUT2D eigenvalue weighted by atomic mass is 10.1. The Morgan fingerprint density at radius 1 is 0.895 bits per heavy atom. The Morgan fingerprint density at radius 2 is 1.58 bits per heavy atom. The van der Waals surface area contributed by atoms with Crippen molar-refractivity contribution in [1.29, 1.82) is 0 Å². The van der Waals surface area contributed by atoms with Crippen LogP contribution in [0.3, 0.4) is 0 Å². The molecular formula is C17H16OS. The van der Waals surface area contributed by atoms with Gasteiger partial charge in [0.25, 0.3) is 0 Å². The van der Waals surface area contributed by atoms with E-state index in [0.717, 1.165) is 10.7 Å². The lowest BCUT2D eigenvalue weighted by Crippen LogP contribution is -1.79. The Labute approximate surface area is 117 Å². The zero-order valence-corrected chi connectivity index (χ0v) is 12.2. The second-order valence-electron chi connectivity index (χ2n) is 4.86. The van der Waals surface area contributed by atoms with E-state index < -0.39 is 0 Å². The number of benzene rings is 2. The Morgan fingerprint density at radius 3 is 2.32 bits per heavy atom. The van der Waals surface area contributed by atoms with E-state index in [-0.39, 0.29) is 0 Å². The highest BCUT2D eigenvalue weighted by molar-refractivity contribution is 7.99. The van der Waals surface area contributed by atoms with E-state index in [0.29, 0.717) is 0 Å². The first-order valence-electron chi connectivity index (χ1n) is 6.38. The molecule has 3 rings (SSSR count). The van der Waals surface area contributed by atoms with Crippen molar-refractivity contribution < 1.29 is 4.42 Å². The normalized spacial score (nSPS) is 11.1. The van der Waals surface area contributed by atoms with Gasteiger partial charge in [-0.15, -0.1) is 0 Å². The highest BCUT2D eigenvalue weighted by atomic mass is 32.2. The highest BCUT2D eigenvalue weighted by Gasteiger charge is 2.12. The van der Waals surface area contributed by atoms with Crippen LogP contribution in [0.25, 0.3) is 11.0 Å². The Kier molecular flexibility index (Phi) is 3.11. The molecule has 0 saturated heterocycles. The first-order chi connectivity index (χ1) is 9.15. The molecule has 0 atom stereocenters. The van der Waals surface area contributed by atoms with Crippen molar-refractivity contribution in [1.82, 2.24) is 0 Å². The van der Waals surface area contributed by atoms with Gasteiger partial charge < -0.3 is 4.42 Å². The minimum absolute atomic E-state index is 0.985. The van der Waals surface area contributed by atoms with Crippen LogP contribution in [-0.4, -0.2) is 0 Å². The number of furan rings is 1. The summed E-state index contributed by atoms with van der Waals surface area (Å²) in [5.41, 5.74) is 4.80. The van der Waals surface area contributed by atoms with E-state index in [2.05, 4.69) is 57.2 Å². The third-order valence-corrected chi connectivity index (χ3v) is 4.55. The molecule has 0 aliphatic heterocycles. The molecule has 2 heteroatoms. The van der Waals surface area contributed by atoms with Crippen molar-refractivity contribution in [2.75, 3.05) is 0 Å². The molecule has 3 aromatic rings. The lowest BCUT2D eigenvalue weighted by molar-refractivity contribution is 0.510. The van der Waals surface area contributed by atoms with E-state index in [9.17, 15) is 0 Å². The number of rotatable bonds is 2. The molecule has 0 aliphatic carbocycles. The monoisotopic (exact) mass is 268 g/mol. The van der Waals surface area contributed by atoms with Crippen molar-refractivity contribution >= 4 is 22.7 Å². The SMILES string of the molecule is Cc1cc2oc(Sc3ccccc3)c(C)c2cc1C. The number of fused-ring (bicyclic) bond motifs is 1. The summed E-state index contributed by atoms with van der Waals surface area (Å²) in [5.74, 6) is 0. The molecule has 2 aromatic carbocycles. The van der Waals surface area contributed by atoms with Crippen LogP contribution in [0.2, 0.25) is 0 Å². The van der Waals surface area contributed by atoms with Crippen molar-refractivity contribution in [3.63, 3.8) is 0 Å². The van der Waals surface area contributed by atoms with Crippen LogP contribution in [0.5, 0.6) is 0 Å². The van der Waals surface area contributed by atoms with Crippen LogP contribution < -0.4 is 0 Å². The molecule has 0 bridgehead atoms. The van der Waals surface area contributed by atoms with Crippen molar-refractivity contribution in [2.24, 2.45) is 0 Å². The number of hydrogen-bond acceptors (Lipinski definition) is 2. The van der Waals surface area contributed by atoms with E-state index in [4.69, 9.17) is 4.42 Å². The zero-order valence-electron chi connectivity index (χ0n) is 11.4. The van der Waals surface area contributed by atoms with Gasteiger partial charge in [-0.05, 0) is 56.2 Å². The van der Waals surface area contributed by atoms with Crippen LogP contribution in [0.1, 0.15) is 16.7 Å². The van der Waals surface area contributed by atoms with Gasteiger partial charge in [0.2, 0.25) is 0 Å². The summed E-state index contributed by atoms with van der Waals surface area (Å²) in [6, 6.07) is 14.7. The fourth-order valence-corrected chi connectivity index (χ4v) is 3.05. The first-order valence-corrected chi connectivity index (χ1v) is 7.20. The average Bonchev–Trinajstić information content (AvgIpc) is 2.69. The molecule has 96 valence electrons. The zero-order chi connectivity index (χ0) is 13.4. The standard InChI is InChI=1S/C17H16OS/c1-11-9-15-13(3)17(18-16(15)10-12(11)2)19-14-7-5-4-6-8-14/h4-10H,1-3H3. The van der Waals surface area contributed by atoms with Gasteiger partial charge in [-0.2, -0.15) is 0 Å². The summed E-state index contributed by atoms with van der Waals surface area (Å²) in [4.78, 5) is 1.21.